The van der Waals surface area contributed by atoms with E-state index in [0.717, 1.165) is 103 Å². The topological polar surface area (TPSA) is 191 Å². The Morgan fingerprint density at radius 3 is 1.47 bits per heavy atom. The summed E-state index contributed by atoms with van der Waals surface area (Å²) >= 11 is 0. The molecule has 4 aliphatic rings. The SMILES string of the molecule is COC(=O)c1cc2c(C(=O)OC)cc1OCCCCc1cn(nn1)CCCc1ccc3c(c1)C1(CC(=O)NCCCCCCCCC/C=C\CCCCCCCCCNC(=O)C1)c1cc(ccc1-3)CCCCn1cc(nn1)CCCO2. The Labute approximate surface area is 479 Å². The summed E-state index contributed by atoms with van der Waals surface area (Å²) in [5.74, 6) is -0.869. The Morgan fingerprint density at radius 2 is 0.951 bits per heavy atom. The van der Waals surface area contributed by atoms with Crippen LogP contribution in [0.25, 0.3) is 11.1 Å². The molecule has 2 N–H and O–H groups in total. The summed E-state index contributed by atoms with van der Waals surface area (Å²) < 4.78 is 26.2. The molecular formula is C65H88N8O8. The molecule has 3 aromatic carbocycles. The van der Waals surface area contributed by atoms with E-state index in [0.29, 0.717) is 51.9 Å². The first-order chi connectivity index (χ1) is 39.7. The fourth-order valence-electron chi connectivity index (χ4n) is 11.8. The van der Waals surface area contributed by atoms with Crippen LogP contribution in [-0.2, 0) is 63.3 Å². The number of aromatic nitrogens is 6. The van der Waals surface area contributed by atoms with Gasteiger partial charge in [-0.05, 0) is 148 Å². The summed E-state index contributed by atoms with van der Waals surface area (Å²) in [6.07, 6.45) is 35.3. The van der Waals surface area contributed by atoms with Crippen LogP contribution in [0, 0.1) is 0 Å². The number of hydrogen-bond donors (Lipinski definition) is 2. The molecule has 5 heterocycles. The number of rotatable bonds is 2. The van der Waals surface area contributed by atoms with Crippen molar-refractivity contribution in [1.82, 2.24) is 40.6 Å². The van der Waals surface area contributed by atoms with Crippen molar-refractivity contribution in [2.24, 2.45) is 0 Å². The van der Waals surface area contributed by atoms with Gasteiger partial charge in [0.2, 0.25) is 11.8 Å². The van der Waals surface area contributed by atoms with Gasteiger partial charge in [-0.2, -0.15) is 0 Å². The number of nitrogens with one attached hydrogen (secondary N) is 2. The number of benzene rings is 3. The number of nitrogens with zero attached hydrogens (tertiary/aromatic N) is 6. The van der Waals surface area contributed by atoms with Crippen molar-refractivity contribution in [3.63, 3.8) is 0 Å². The van der Waals surface area contributed by atoms with Crippen LogP contribution in [0.3, 0.4) is 0 Å². The highest BCUT2D eigenvalue weighted by atomic mass is 16.5. The minimum absolute atomic E-state index is 0.0184. The van der Waals surface area contributed by atoms with Gasteiger partial charge in [0.05, 0.1) is 38.8 Å². The average Bonchev–Trinajstić information content (AvgIpc) is 2.50. The molecule has 2 amide bonds. The molecule has 81 heavy (non-hydrogen) atoms. The number of methoxy groups -OCH3 is 2. The molecule has 1 spiro atoms. The van der Waals surface area contributed by atoms with Crippen molar-refractivity contribution in [2.45, 2.75) is 198 Å². The van der Waals surface area contributed by atoms with Crippen LogP contribution in [-0.4, -0.2) is 94.3 Å². The molecule has 0 radical (unpaired) electrons. The summed E-state index contributed by atoms with van der Waals surface area (Å²) in [7, 11) is 2.59. The zero-order valence-corrected chi connectivity index (χ0v) is 48.4. The van der Waals surface area contributed by atoms with Crippen LogP contribution >= 0.6 is 0 Å². The first-order valence-corrected chi connectivity index (χ1v) is 30.6. The Bertz CT molecular complexity index is 2810. The second-order valence-electron chi connectivity index (χ2n) is 22.5. The number of carbonyl (C=O) groups is 4. The van der Waals surface area contributed by atoms with Crippen LogP contribution in [0.5, 0.6) is 11.5 Å². The third kappa shape index (κ3) is 17.8. The lowest BCUT2D eigenvalue weighted by molar-refractivity contribution is -0.124. The highest BCUT2D eigenvalue weighted by Crippen LogP contribution is 2.53. The van der Waals surface area contributed by atoms with Crippen LogP contribution in [0.15, 0.2) is 73.1 Å². The zero-order chi connectivity index (χ0) is 56.5. The molecule has 0 saturated carbocycles. The Balaban J connectivity index is 1.02. The van der Waals surface area contributed by atoms with E-state index in [4.69, 9.17) is 18.9 Å². The van der Waals surface area contributed by atoms with Gasteiger partial charge in [-0.1, -0.05) is 123 Å². The highest BCUT2D eigenvalue weighted by molar-refractivity contribution is 5.98. The maximum atomic E-state index is 14.5. The lowest BCUT2D eigenvalue weighted by Gasteiger charge is -2.32. The van der Waals surface area contributed by atoms with Crippen LogP contribution in [0.1, 0.15) is 208 Å². The lowest BCUT2D eigenvalue weighted by Crippen LogP contribution is -2.40. The van der Waals surface area contributed by atoms with Gasteiger partial charge in [-0.15, -0.1) is 10.2 Å². The molecule has 0 fully saturated rings. The summed E-state index contributed by atoms with van der Waals surface area (Å²) in [6.45, 7) is 3.13. The quantitative estimate of drug-likeness (QED) is 0.126. The molecule has 16 heteroatoms. The van der Waals surface area contributed by atoms with Crippen molar-refractivity contribution in [3.05, 3.63) is 118 Å². The average molecular weight is 1110 g/mol. The van der Waals surface area contributed by atoms with Crippen molar-refractivity contribution < 1.29 is 38.1 Å². The maximum absolute atomic E-state index is 14.5. The molecule has 16 nitrogen and oxygen atoms in total. The lowest BCUT2D eigenvalue weighted by atomic mass is 9.71. The molecule has 9 rings (SSSR count). The third-order valence-electron chi connectivity index (χ3n) is 16.3. The van der Waals surface area contributed by atoms with Gasteiger partial charge in [-0.3, -0.25) is 19.0 Å². The van der Waals surface area contributed by atoms with E-state index in [1.807, 2.05) is 21.8 Å². The van der Waals surface area contributed by atoms with Gasteiger partial charge in [0.1, 0.15) is 22.6 Å². The molecule has 3 aliphatic heterocycles. The normalized spacial score (nSPS) is 19.0. The van der Waals surface area contributed by atoms with E-state index in [2.05, 4.69) is 79.8 Å². The molecular weight excluding hydrogens is 1020 g/mol. The number of fused-ring (bicyclic) bond motifs is 15. The largest absolute Gasteiger partial charge is 0.493 e. The van der Waals surface area contributed by atoms with Crippen LogP contribution in [0.4, 0.5) is 0 Å². The number of allylic oxidation sites excluding steroid dienone is 2. The first kappa shape index (κ1) is 60.3. The van der Waals surface area contributed by atoms with Crippen molar-refractivity contribution in [2.75, 3.05) is 40.5 Å². The van der Waals surface area contributed by atoms with E-state index >= 15 is 0 Å². The number of esters is 2. The van der Waals surface area contributed by atoms with E-state index in [1.165, 1.54) is 109 Å². The first-order valence-electron chi connectivity index (χ1n) is 30.6. The fourth-order valence-corrected chi connectivity index (χ4v) is 11.8. The van der Waals surface area contributed by atoms with Gasteiger partial charge >= 0.3 is 11.9 Å². The predicted molar refractivity (Wildman–Crippen MR) is 314 cm³/mol. The molecule has 1 aliphatic carbocycles. The van der Waals surface area contributed by atoms with Crippen molar-refractivity contribution in [3.8, 4) is 22.6 Å². The Morgan fingerprint density at radius 1 is 0.506 bits per heavy atom. The second-order valence-corrected chi connectivity index (χ2v) is 22.5. The fraction of sp³-hybridized carbons (Fsp3) is 0.569. The number of hydrogen-bond acceptors (Lipinski definition) is 12. The molecule has 10 bridgehead atoms. The van der Waals surface area contributed by atoms with Gasteiger partial charge in [0.25, 0.3) is 0 Å². The Hall–Kier alpha value is -6.84. The van der Waals surface area contributed by atoms with E-state index in [1.54, 1.807) is 0 Å². The van der Waals surface area contributed by atoms with E-state index in [-0.39, 0.29) is 60.5 Å². The number of ether oxygens (including phenoxy) is 4. The predicted octanol–water partition coefficient (Wildman–Crippen LogP) is 11.9. The van der Waals surface area contributed by atoms with Crippen LogP contribution < -0.4 is 20.1 Å². The summed E-state index contributed by atoms with van der Waals surface area (Å²) in [5, 5.41) is 24.5. The third-order valence-corrected chi connectivity index (χ3v) is 16.3. The molecule has 0 saturated heterocycles. The minimum Gasteiger partial charge on any atom is -0.493 e. The molecule has 2 aromatic heterocycles. The Kier molecular flexibility index (Phi) is 23.8. The molecule has 0 unspecified atom stereocenters. The number of aryl methyl sites for hydroxylation is 6. The number of carbonyl (C=O) groups excluding carboxylic acids is 4. The standard InChI is InChI=1S/C65H88N8O8/c1-78-63(76)55-44-60-56(64(77)79-2)43-59(55)80-39-24-20-29-51-47-73(71-68-51)38-25-28-50-32-34-54-53-33-31-49(27-19-23-37-72-48-52(69-70-72)30-26-40-81-60)41-57(53)65(58(54)42-50)45-61(74)66-35-21-17-15-13-11-9-7-5-3-4-6-8-10-12-14-16-18-22-36-67-62(75)46-65/h3-4,31-34,41-44,47-48H,5-30,35-40,45-46H2,1-2H3,(H,66,74)(H,67,75)/b4-3-. The monoisotopic (exact) mass is 1110 g/mol. The second kappa shape index (κ2) is 32.0. The van der Waals surface area contributed by atoms with Gasteiger partial charge < -0.3 is 29.6 Å². The smallest absolute Gasteiger partial charge is 0.341 e. The van der Waals surface area contributed by atoms with Gasteiger partial charge in [-0.25, -0.2) is 9.59 Å². The van der Waals surface area contributed by atoms with Crippen LogP contribution in [0.2, 0.25) is 0 Å². The molecule has 0 atom stereocenters. The zero-order valence-electron chi connectivity index (χ0n) is 48.4. The minimum atomic E-state index is -0.855. The molecule has 436 valence electrons. The van der Waals surface area contributed by atoms with Gasteiger partial charge in [0.15, 0.2) is 0 Å². The highest BCUT2D eigenvalue weighted by Gasteiger charge is 2.46. The van der Waals surface area contributed by atoms with Crippen molar-refractivity contribution >= 4 is 23.8 Å². The van der Waals surface area contributed by atoms with E-state index < -0.39 is 17.4 Å². The summed E-state index contributed by atoms with van der Waals surface area (Å²) in [4.78, 5) is 55.0. The summed E-state index contributed by atoms with van der Waals surface area (Å²) in [6, 6.07) is 16.4. The van der Waals surface area contributed by atoms with Gasteiger partial charge in [0, 0.05) is 56.8 Å². The maximum Gasteiger partial charge on any atom is 0.341 e. The summed E-state index contributed by atoms with van der Waals surface area (Å²) in [5.41, 5.74) is 7.76. The molecule has 5 aromatic rings. The number of amides is 2. The van der Waals surface area contributed by atoms with Crippen molar-refractivity contribution in [1.29, 1.82) is 0 Å². The van der Waals surface area contributed by atoms with E-state index in [9.17, 15) is 19.2 Å².